The van der Waals surface area contributed by atoms with Crippen LogP contribution in [0.3, 0.4) is 0 Å². The van der Waals surface area contributed by atoms with Crippen molar-refractivity contribution in [1.29, 1.82) is 0 Å². The zero-order chi connectivity index (χ0) is 24.1. The van der Waals surface area contributed by atoms with Gasteiger partial charge in [-0.2, -0.15) is 5.10 Å². The number of likely N-dealkylation sites (tertiary alicyclic amines) is 1. The molecule has 4 aromatic heterocycles. The Morgan fingerprint density at radius 1 is 1.14 bits per heavy atom. The lowest BCUT2D eigenvalue weighted by atomic mass is 9.83. The van der Waals surface area contributed by atoms with Crippen molar-refractivity contribution in [2.24, 2.45) is 0 Å². The molecule has 1 unspecified atom stereocenters. The van der Waals surface area contributed by atoms with Crippen molar-refractivity contribution in [2.75, 3.05) is 20.2 Å². The van der Waals surface area contributed by atoms with E-state index >= 15 is 0 Å². The molecule has 0 amide bonds. The van der Waals surface area contributed by atoms with Gasteiger partial charge in [-0.15, -0.1) is 0 Å². The maximum atomic E-state index is 13.7. The van der Waals surface area contributed by atoms with Crippen molar-refractivity contribution in [3.63, 3.8) is 0 Å². The molecule has 1 saturated heterocycles. The lowest BCUT2D eigenvalue weighted by molar-refractivity contribution is 0.169. The van der Waals surface area contributed by atoms with Crippen molar-refractivity contribution >= 4 is 16.7 Å². The van der Waals surface area contributed by atoms with Crippen LogP contribution in [0.5, 0.6) is 5.75 Å². The molecule has 0 spiro atoms. The number of rotatable bonds is 5. The number of ether oxygens (including phenoxy) is 1. The number of methoxy groups -OCH3 is 1. The minimum Gasteiger partial charge on any atom is -0.493 e. The van der Waals surface area contributed by atoms with E-state index in [1.54, 1.807) is 18.0 Å². The highest BCUT2D eigenvalue weighted by Gasteiger charge is 2.32. The first kappa shape index (κ1) is 22.5. The zero-order valence-electron chi connectivity index (χ0n) is 20.7. The van der Waals surface area contributed by atoms with E-state index in [1.807, 2.05) is 12.3 Å². The second-order valence-corrected chi connectivity index (χ2v) is 10.4. The van der Waals surface area contributed by atoms with Crippen molar-refractivity contribution in [1.82, 2.24) is 29.5 Å². The summed E-state index contributed by atoms with van der Waals surface area (Å²) in [6.07, 6.45) is 8.08. The molecule has 8 heteroatoms. The fraction of sp³-hybridized carbons (Fsp3) is 0.519. The fourth-order valence-corrected chi connectivity index (χ4v) is 6.11. The summed E-state index contributed by atoms with van der Waals surface area (Å²) in [5, 5.41) is 4.33. The number of alkyl halides is 1. The first-order valence-electron chi connectivity index (χ1n) is 12.8. The van der Waals surface area contributed by atoms with Gasteiger partial charge in [0.1, 0.15) is 12.5 Å². The first-order chi connectivity index (χ1) is 17.0. The zero-order valence-corrected chi connectivity index (χ0v) is 20.7. The topological polar surface area (TPSA) is 71.3 Å². The monoisotopic (exact) mass is 476 g/mol. The van der Waals surface area contributed by atoms with Gasteiger partial charge in [-0.05, 0) is 56.2 Å². The molecular formula is C27H33FN6O. The summed E-state index contributed by atoms with van der Waals surface area (Å²) in [5.41, 5.74) is 7.23. The van der Waals surface area contributed by atoms with Gasteiger partial charge in [-0.3, -0.25) is 9.88 Å². The van der Waals surface area contributed by atoms with Crippen LogP contribution in [0.2, 0.25) is 0 Å². The molecule has 1 N–H and O–H groups in total. The number of pyridine rings is 2. The molecule has 35 heavy (non-hydrogen) atoms. The lowest BCUT2D eigenvalue weighted by Crippen LogP contribution is -2.36. The number of aromatic nitrogens is 5. The van der Waals surface area contributed by atoms with Gasteiger partial charge in [0.05, 0.1) is 23.8 Å². The second-order valence-electron chi connectivity index (χ2n) is 10.4. The van der Waals surface area contributed by atoms with E-state index in [9.17, 15) is 4.39 Å². The minimum absolute atomic E-state index is 0.290. The van der Waals surface area contributed by atoms with Crippen LogP contribution in [-0.2, 0) is 0 Å². The third kappa shape index (κ3) is 3.97. The van der Waals surface area contributed by atoms with E-state index in [0.717, 1.165) is 54.5 Å². The largest absolute Gasteiger partial charge is 0.493 e. The van der Waals surface area contributed by atoms with Crippen LogP contribution < -0.4 is 4.74 Å². The average molecular weight is 477 g/mol. The van der Waals surface area contributed by atoms with Crippen LogP contribution >= 0.6 is 0 Å². The van der Waals surface area contributed by atoms with E-state index in [2.05, 4.69) is 45.9 Å². The molecule has 1 saturated carbocycles. The van der Waals surface area contributed by atoms with Crippen molar-refractivity contribution in [3.05, 3.63) is 42.0 Å². The maximum absolute atomic E-state index is 13.7. The highest BCUT2D eigenvalue weighted by molar-refractivity contribution is 5.89. The summed E-state index contributed by atoms with van der Waals surface area (Å²) < 4.78 is 21.0. The molecule has 0 radical (unpaired) electrons. The standard InChI is InChI=1S/C27H33FN6O/c1-16(2)24-25(18-12-23(35-3)27-29-15-30-34(27)13-18)32-22-9-8-21(31-26(22)24)17-4-6-20(7-5-17)33-11-10-19(28)14-33/h8-9,12-13,15-17,19-20,32H,4-7,10-11,14H2,1-3H3. The summed E-state index contributed by atoms with van der Waals surface area (Å²) >= 11 is 0. The molecule has 4 aromatic rings. The van der Waals surface area contributed by atoms with Crippen LogP contribution in [0.25, 0.3) is 27.9 Å². The molecule has 2 aliphatic rings. The molecule has 6 rings (SSSR count). The molecule has 5 heterocycles. The summed E-state index contributed by atoms with van der Waals surface area (Å²) in [7, 11) is 1.66. The van der Waals surface area contributed by atoms with Gasteiger partial charge in [0.25, 0.3) is 0 Å². The third-order valence-electron chi connectivity index (χ3n) is 7.92. The van der Waals surface area contributed by atoms with Gasteiger partial charge >= 0.3 is 0 Å². The highest BCUT2D eigenvalue weighted by Crippen LogP contribution is 2.39. The molecule has 0 aromatic carbocycles. The Kier molecular flexibility index (Phi) is 5.71. The number of halogens is 1. The van der Waals surface area contributed by atoms with Crippen LogP contribution in [0, 0.1) is 0 Å². The normalized spacial score (nSPS) is 23.6. The molecule has 2 fully saturated rings. The Hall–Kier alpha value is -3.00. The van der Waals surface area contributed by atoms with Crippen LogP contribution in [0.4, 0.5) is 4.39 Å². The van der Waals surface area contributed by atoms with Gasteiger partial charge in [-0.1, -0.05) is 13.8 Å². The SMILES string of the molecule is COc1cc(-c2[nH]c3ccc(C4CCC(N5CCC(F)C5)CC4)nc3c2C(C)C)cn2ncnc12. The summed E-state index contributed by atoms with van der Waals surface area (Å²) in [6, 6.07) is 6.91. The first-order valence-corrected chi connectivity index (χ1v) is 12.8. The van der Waals surface area contributed by atoms with Crippen LogP contribution in [0.1, 0.15) is 69.0 Å². The quantitative estimate of drug-likeness (QED) is 0.413. The van der Waals surface area contributed by atoms with Gasteiger partial charge in [0.15, 0.2) is 11.4 Å². The predicted octanol–water partition coefficient (Wildman–Crippen LogP) is 5.47. The molecule has 1 atom stereocenters. The number of hydrogen-bond donors (Lipinski definition) is 1. The second kappa shape index (κ2) is 8.90. The van der Waals surface area contributed by atoms with Crippen LogP contribution in [-0.4, -0.2) is 61.9 Å². The Bertz CT molecular complexity index is 1350. The predicted molar refractivity (Wildman–Crippen MR) is 135 cm³/mol. The average Bonchev–Trinajstić information content (AvgIpc) is 3.60. The summed E-state index contributed by atoms with van der Waals surface area (Å²) in [6.45, 7) is 5.96. The van der Waals surface area contributed by atoms with E-state index in [1.165, 1.54) is 11.3 Å². The highest BCUT2D eigenvalue weighted by atomic mass is 19.1. The van der Waals surface area contributed by atoms with E-state index in [0.29, 0.717) is 42.2 Å². The Balaban J connectivity index is 1.32. The maximum Gasteiger partial charge on any atom is 0.197 e. The number of H-pyrrole nitrogens is 1. The van der Waals surface area contributed by atoms with E-state index in [-0.39, 0.29) is 0 Å². The van der Waals surface area contributed by atoms with Gasteiger partial charge in [0.2, 0.25) is 0 Å². The van der Waals surface area contributed by atoms with Gasteiger partial charge < -0.3 is 9.72 Å². The molecule has 7 nitrogen and oxygen atoms in total. The molecule has 0 bridgehead atoms. The number of fused-ring (bicyclic) bond motifs is 2. The van der Waals surface area contributed by atoms with E-state index in [4.69, 9.17) is 9.72 Å². The summed E-state index contributed by atoms with van der Waals surface area (Å²) in [4.78, 5) is 15.5. The van der Waals surface area contributed by atoms with E-state index < -0.39 is 6.17 Å². The van der Waals surface area contributed by atoms with Crippen LogP contribution in [0.15, 0.2) is 30.7 Å². The third-order valence-corrected chi connectivity index (χ3v) is 7.92. The Morgan fingerprint density at radius 2 is 1.97 bits per heavy atom. The Morgan fingerprint density at radius 3 is 2.69 bits per heavy atom. The number of nitrogens with zero attached hydrogens (tertiary/aromatic N) is 5. The molecular weight excluding hydrogens is 443 g/mol. The van der Waals surface area contributed by atoms with Gasteiger partial charge in [-0.25, -0.2) is 13.9 Å². The number of hydrogen-bond acceptors (Lipinski definition) is 5. The minimum atomic E-state index is -0.640. The fourth-order valence-electron chi connectivity index (χ4n) is 6.11. The lowest BCUT2D eigenvalue weighted by Gasteiger charge is -2.34. The number of aromatic amines is 1. The molecule has 184 valence electrons. The smallest absolute Gasteiger partial charge is 0.197 e. The molecule has 1 aliphatic heterocycles. The van der Waals surface area contributed by atoms with Crippen molar-refractivity contribution < 1.29 is 9.13 Å². The van der Waals surface area contributed by atoms with Crippen molar-refractivity contribution in [2.45, 2.75) is 70.0 Å². The van der Waals surface area contributed by atoms with Gasteiger partial charge in [0, 0.05) is 48.1 Å². The molecule has 1 aliphatic carbocycles. The van der Waals surface area contributed by atoms with Crippen molar-refractivity contribution in [3.8, 4) is 17.0 Å². The summed E-state index contributed by atoms with van der Waals surface area (Å²) in [5.74, 6) is 1.44. The Labute approximate surface area is 204 Å². The number of nitrogens with one attached hydrogen (secondary N) is 1.